The van der Waals surface area contributed by atoms with Crippen molar-refractivity contribution in [2.45, 2.75) is 64.3 Å². The zero-order chi connectivity index (χ0) is 29.4. The highest BCUT2D eigenvalue weighted by atomic mass is 35.5. The van der Waals surface area contributed by atoms with Crippen molar-refractivity contribution in [2.24, 2.45) is 5.92 Å². The normalized spacial score (nSPS) is 14.2. The molecule has 218 valence electrons. The van der Waals surface area contributed by atoms with Crippen LogP contribution in [0.1, 0.15) is 57.4 Å². The fraction of sp³-hybridized carbons (Fsp3) is 0.433. The number of ether oxygens (including phenoxy) is 3. The van der Waals surface area contributed by atoms with Gasteiger partial charge in [-0.2, -0.15) is 0 Å². The number of fused-ring (bicyclic) bond motifs is 1. The van der Waals surface area contributed by atoms with Gasteiger partial charge in [0.2, 0.25) is 5.91 Å². The third-order valence-corrected chi connectivity index (χ3v) is 7.47. The Balaban J connectivity index is 1.51. The van der Waals surface area contributed by atoms with E-state index in [4.69, 9.17) is 25.8 Å². The molecule has 1 fully saturated rings. The first kappa shape index (κ1) is 30.0. The minimum absolute atomic E-state index is 0.160. The Morgan fingerprint density at radius 3 is 2.54 bits per heavy atom. The van der Waals surface area contributed by atoms with Crippen LogP contribution in [0.25, 0.3) is 10.9 Å². The summed E-state index contributed by atoms with van der Waals surface area (Å²) in [6.07, 6.45) is 8.20. The summed E-state index contributed by atoms with van der Waals surface area (Å²) < 4.78 is 15.6. The van der Waals surface area contributed by atoms with E-state index in [0.717, 1.165) is 31.2 Å². The average molecular weight is 583 g/mol. The predicted octanol–water partition coefficient (Wildman–Crippen LogP) is 5.52. The predicted molar refractivity (Wildman–Crippen MR) is 156 cm³/mol. The molecule has 0 bridgehead atoms. The van der Waals surface area contributed by atoms with Crippen LogP contribution < -0.4 is 20.1 Å². The van der Waals surface area contributed by atoms with Crippen LogP contribution in [0, 0.1) is 5.92 Å². The SMILES string of the molecule is COC(=O)[C@H](CC1CCCCC1)NC(=O)CCc1ccc(Cl)cc1Nc1ncnc2cc(OC)c(OC(C)=O)cc12. The van der Waals surface area contributed by atoms with Crippen molar-refractivity contribution in [2.75, 3.05) is 19.5 Å². The molecule has 1 aliphatic rings. The zero-order valence-electron chi connectivity index (χ0n) is 23.5. The van der Waals surface area contributed by atoms with Gasteiger partial charge in [0.25, 0.3) is 0 Å². The summed E-state index contributed by atoms with van der Waals surface area (Å²) in [6.45, 7) is 1.31. The Morgan fingerprint density at radius 2 is 1.83 bits per heavy atom. The van der Waals surface area contributed by atoms with E-state index in [0.29, 0.717) is 51.9 Å². The second kappa shape index (κ2) is 14.1. The third kappa shape index (κ3) is 8.07. The quantitative estimate of drug-likeness (QED) is 0.222. The van der Waals surface area contributed by atoms with E-state index in [1.807, 2.05) is 6.07 Å². The summed E-state index contributed by atoms with van der Waals surface area (Å²) >= 11 is 6.32. The number of aryl methyl sites for hydroxylation is 1. The molecule has 11 heteroatoms. The molecule has 4 rings (SSSR count). The molecule has 2 aromatic carbocycles. The number of amides is 1. The van der Waals surface area contributed by atoms with E-state index < -0.39 is 18.0 Å². The summed E-state index contributed by atoms with van der Waals surface area (Å²) in [5, 5.41) is 7.28. The Bertz CT molecular complexity index is 1410. The van der Waals surface area contributed by atoms with Gasteiger partial charge in [-0.1, -0.05) is 49.8 Å². The molecule has 10 nitrogen and oxygen atoms in total. The van der Waals surface area contributed by atoms with E-state index in [9.17, 15) is 14.4 Å². The first-order valence-corrected chi connectivity index (χ1v) is 14.1. The Kier molecular flexibility index (Phi) is 10.3. The van der Waals surface area contributed by atoms with Crippen LogP contribution in [0.3, 0.4) is 0 Å². The molecule has 1 atom stereocenters. The van der Waals surface area contributed by atoms with Crippen LogP contribution >= 0.6 is 11.6 Å². The Morgan fingerprint density at radius 1 is 1.05 bits per heavy atom. The molecule has 0 saturated heterocycles. The number of nitrogens with zero attached hydrogens (tertiary/aromatic N) is 2. The number of rotatable bonds is 11. The lowest BCUT2D eigenvalue weighted by Crippen LogP contribution is -2.43. The highest BCUT2D eigenvalue weighted by Gasteiger charge is 2.26. The van der Waals surface area contributed by atoms with Gasteiger partial charge in [0.1, 0.15) is 18.2 Å². The van der Waals surface area contributed by atoms with Gasteiger partial charge >= 0.3 is 11.9 Å². The van der Waals surface area contributed by atoms with Crippen molar-refractivity contribution in [3.05, 3.63) is 47.2 Å². The molecule has 2 N–H and O–H groups in total. The number of anilines is 2. The van der Waals surface area contributed by atoms with Gasteiger partial charge in [0.15, 0.2) is 11.5 Å². The smallest absolute Gasteiger partial charge is 0.328 e. The second-order valence-corrected chi connectivity index (χ2v) is 10.6. The monoisotopic (exact) mass is 582 g/mol. The number of carbonyl (C=O) groups excluding carboxylic acids is 3. The number of hydrogen-bond acceptors (Lipinski definition) is 9. The van der Waals surface area contributed by atoms with E-state index in [1.165, 1.54) is 33.9 Å². The maximum absolute atomic E-state index is 12.9. The van der Waals surface area contributed by atoms with Crippen molar-refractivity contribution in [1.82, 2.24) is 15.3 Å². The number of aromatic nitrogens is 2. The van der Waals surface area contributed by atoms with Gasteiger partial charge in [-0.25, -0.2) is 14.8 Å². The standard InChI is InChI=1S/C30H35ClN4O6/c1-18(36)41-27-15-22-24(16-26(27)39-2)32-17-33-29(22)35-23-14-21(31)11-9-20(23)10-12-28(37)34-25(30(38)40-3)13-19-7-5-4-6-8-19/h9,11,14-17,19,25H,4-8,10,12-13H2,1-3H3,(H,34,37)(H,32,33,35)/t25-/m0/s1. The molecule has 41 heavy (non-hydrogen) atoms. The number of methoxy groups -OCH3 is 2. The molecular weight excluding hydrogens is 548 g/mol. The molecule has 1 aliphatic carbocycles. The maximum Gasteiger partial charge on any atom is 0.328 e. The van der Waals surface area contributed by atoms with Crippen LogP contribution in [0.2, 0.25) is 5.02 Å². The van der Waals surface area contributed by atoms with Crippen LogP contribution in [-0.2, 0) is 25.5 Å². The van der Waals surface area contributed by atoms with Gasteiger partial charge < -0.3 is 24.8 Å². The maximum atomic E-state index is 12.9. The molecule has 0 spiro atoms. The lowest BCUT2D eigenvalue weighted by molar-refractivity contribution is -0.145. The number of hydrogen-bond donors (Lipinski definition) is 2. The highest BCUT2D eigenvalue weighted by molar-refractivity contribution is 6.30. The van der Waals surface area contributed by atoms with Crippen LogP contribution in [0.4, 0.5) is 11.5 Å². The van der Waals surface area contributed by atoms with Gasteiger partial charge in [-0.15, -0.1) is 0 Å². The molecule has 0 unspecified atom stereocenters. The van der Waals surface area contributed by atoms with Crippen molar-refractivity contribution in [1.29, 1.82) is 0 Å². The zero-order valence-corrected chi connectivity index (χ0v) is 24.3. The summed E-state index contributed by atoms with van der Waals surface area (Å²) in [6, 6.07) is 7.98. The van der Waals surface area contributed by atoms with Crippen molar-refractivity contribution >= 4 is 51.9 Å². The van der Waals surface area contributed by atoms with E-state index in [2.05, 4.69) is 20.6 Å². The molecule has 1 heterocycles. The summed E-state index contributed by atoms with van der Waals surface area (Å²) in [4.78, 5) is 45.7. The number of carbonyl (C=O) groups is 3. The molecule has 1 amide bonds. The van der Waals surface area contributed by atoms with Gasteiger partial charge in [0, 0.05) is 35.5 Å². The van der Waals surface area contributed by atoms with Crippen LogP contribution in [-0.4, -0.2) is 48.1 Å². The number of esters is 2. The minimum atomic E-state index is -0.658. The van der Waals surface area contributed by atoms with Crippen LogP contribution in [0.15, 0.2) is 36.7 Å². The average Bonchev–Trinajstić information content (AvgIpc) is 2.96. The van der Waals surface area contributed by atoms with E-state index >= 15 is 0 Å². The van der Waals surface area contributed by atoms with Gasteiger partial charge in [0.05, 0.1) is 19.7 Å². The van der Waals surface area contributed by atoms with Crippen molar-refractivity contribution < 1.29 is 28.6 Å². The highest BCUT2D eigenvalue weighted by Crippen LogP contribution is 2.36. The fourth-order valence-electron chi connectivity index (χ4n) is 5.20. The second-order valence-electron chi connectivity index (χ2n) is 10.1. The summed E-state index contributed by atoms with van der Waals surface area (Å²) in [5.74, 6) is 0.322. The van der Waals surface area contributed by atoms with E-state index in [1.54, 1.807) is 24.3 Å². The van der Waals surface area contributed by atoms with Gasteiger partial charge in [-0.3, -0.25) is 9.59 Å². The summed E-state index contributed by atoms with van der Waals surface area (Å²) in [7, 11) is 2.82. The fourth-order valence-corrected chi connectivity index (χ4v) is 5.37. The largest absolute Gasteiger partial charge is 0.493 e. The Hall–Kier alpha value is -3.92. The molecule has 1 saturated carbocycles. The topological polar surface area (TPSA) is 129 Å². The lowest BCUT2D eigenvalue weighted by atomic mass is 9.85. The first-order chi connectivity index (χ1) is 19.8. The van der Waals surface area contributed by atoms with Crippen LogP contribution in [0.5, 0.6) is 11.5 Å². The van der Waals surface area contributed by atoms with Crippen molar-refractivity contribution in [3.63, 3.8) is 0 Å². The van der Waals surface area contributed by atoms with Gasteiger partial charge in [-0.05, 0) is 42.5 Å². The molecule has 0 aliphatic heterocycles. The number of halogens is 1. The molecular formula is C30H35ClN4O6. The van der Waals surface area contributed by atoms with Crippen molar-refractivity contribution in [3.8, 4) is 11.5 Å². The molecule has 3 aromatic rings. The minimum Gasteiger partial charge on any atom is -0.493 e. The first-order valence-electron chi connectivity index (χ1n) is 13.7. The number of nitrogens with one attached hydrogen (secondary N) is 2. The summed E-state index contributed by atoms with van der Waals surface area (Å²) in [5.41, 5.74) is 2.05. The lowest BCUT2D eigenvalue weighted by Gasteiger charge is -2.25. The third-order valence-electron chi connectivity index (χ3n) is 7.24. The molecule has 1 aromatic heterocycles. The molecule has 0 radical (unpaired) electrons. The van der Waals surface area contributed by atoms with E-state index in [-0.39, 0.29) is 18.1 Å². The Labute approximate surface area is 244 Å². The number of benzene rings is 2.